The minimum absolute atomic E-state index is 0.434. The quantitative estimate of drug-likeness (QED) is 0.833. The van der Waals surface area contributed by atoms with Gasteiger partial charge in [-0.2, -0.15) is 0 Å². The average molecular weight is 289 g/mol. The molecule has 2 rings (SSSR count). The Morgan fingerprint density at radius 3 is 2.14 bits per heavy atom. The van der Waals surface area contributed by atoms with Crippen molar-refractivity contribution in [2.75, 3.05) is 51.2 Å². The van der Waals surface area contributed by atoms with Crippen LogP contribution < -0.4 is 10.2 Å². The first-order chi connectivity index (χ1) is 10.2. The molecular formula is C18H31N3. The van der Waals surface area contributed by atoms with Gasteiger partial charge >= 0.3 is 0 Å². The normalized spacial score (nSPS) is 17.2. The summed E-state index contributed by atoms with van der Waals surface area (Å²) in [7, 11) is 2.08. The van der Waals surface area contributed by atoms with Crippen molar-refractivity contribution in [1.82, 2.24) is 10.2 Å². The van der Waals surface area contributed by atoms with E-state index in [9.17, 15) is 0 Å². The van der Waals surface area contributed by atoms with Crippen molar-refractivity contribution in [2.24, 2.45) is 5.41 Å². The average Bonchev–Trinajstić information content (AvgIpc) is 2.56. The molecule has 1 aliphatic heterocycles. The summed E-state index contributed by atoms with van der Waals surface area (Å²) in [5.74, 6) is 0. The van der Waals surface area contributed by atoms with Crippen LogP contribution in [0.5, 0.6) is 0 Å². The van der Waals surface area contributed by atoms with Gasteiger partial charge < -0.3 is 10.2 Å². The highest BCUT2D eigenvalue weighted by Crippen LogP contribution is 2.27. The zero-order chi connectivity index (χ0) is 15.1. The number of anilines is 1. The van der Waals surface area contributed by atoms with E-state index < -0.39 is 0 Å². The van der Waals surface area contributed by atoms with Crippen LogP contribution in [-0.2, 0) is 0 Å². The number of hydrogen-bond acceptors (Lipinski definition) is 3. The van der Waals surface area contributed by atoms with Gasteiger partial charge in [0.05, 0.1) is 0 Å². The monoisotopic (exact) mass is 289 g/mol. The van der Waals surface area contributed by atoms with Gasteiger partial charge in [-0.1, -0.05) is 32.0 Å². The van der Waals surface area contributed by atoms with Gasteiger partial charge in [-0.25, -0.2) is 0 Å². The lowest BCUT2D eigenvalue weighted by Gasteiger charge is -2.42. The maximum atomic E-state index is 3.40. The van der Waals surface area contributed by atoms with Crippen molar-refractivity contribution in [2.45, 2.75) is 26.7 Å². The van der Waals surface area contributed by atoms with Crippen molar-refractivity contribution < 1.29 is 0 Å². The van der Waals surface area contributed by atoms with E-state index in [0.717, 1.165) is 19.6 Å². The molecule has 0 spiro atoms. The van der Waals surface area contributed by atoms with Gasteiger partial charge in [-0.05, 0) is 37.4 Å². The zero-order valence-corrected chi connectivity index (χ0v) is 13.9. The summed E-state index contributed by atoms with van der Waals surface area (Å²) in [6, 6.07) is 10.8. The van der Waals surface area contributed by atoms with Gasteiger partial charge in [-0.15, -0.1) is 0 Å². The first kappa shape index (κ1) is 16.3. The fourth-order valence-corrected chi connectivity index (χ4v) is 3.43. The molecule has 3 nitrogen and oxygen atoms in total. The molecule has 118 valence electrons. The fourth-order valence-electron chi connectivity index (χ4n) is 3.43. The molecule has 0 aliphatic carbocycles. The van der Waals surface area contributed by atoms with Crippen LogP contribution in [0.3, 0.4) is 0 Å². The van der Waals surface area contributed by atoms with Gasteiger partial charge in [-0.3, -0.25) is 4.90 Å². The lowest BCUT2D eigenvalue weighted by Crippen LogP contribution is -2.51. The van der Waals surface area contributed by atoms with Crippen LogP contribution in [0.2, 0.25) is 0 Å². The van der Waals surface area contributed by atoms with Crippen molar-refractivity contribution in [3.05, 3.63) is 30.3 Å². The van der Waals surface area contributed by atoms with Gasteiger partial charge in [0.2, 0.25) is 0 Å². The molecule has 1 saturated heterocycles. The number of rotatable bonds is 7. The summed E-state index contributed by atoms with van der Waals surface area (Å²) in [6.07, 6.45) is 2.51. The predicted octanol–water partition coefficient (Wildman–Crippen LogP) is 2.83. The van der Waals surface area contributed by atoms with E-state index in [1.165, 1.54) is 38.2 Å². The molecule has 0 aromatic heterocycles. The van der Waals surface area contributed by atoms with E-state index >= 15 is 0 Å². The molecule has 0 saturated carbocycles. The number of nitrogens with one attached hydrogen (secondary N) is 1. The Morgan fingerprint density at radius 1 is 1.00 bits per heavy atom. The van der Waals surface area contributed by atoms with Crippen LogP contribution in [0.4, 0.5) is 5.69 Å². The van der Waals surface area contributed by atoms with Crippen LogP contribution in [0.1, 0.15) is 26.7 Å². The lowest BCUT2D eigenvalue weighted by molar-refractivity contribution is 0.131. The van der Waals surface area contributed by atoms with Crippen LogP contribution in [0, 0.1) is 5.41 Å². The van der Waals surface area contributed by atoms with Crippen LogP contribution in [0.25, 0.3) is 0 Å². The molecule has 0 bridgehead atoms. The molecular weight excluding hydrogens is 258 g/mol. The van der Waals surface area contributed by atoms with Gasteiger partial charge in [0.25, 0.3) is 0 Å². The second kappa shape index (κ2) is 7.81. The third-order valence-corrected chi connectivity index (χ3v) is 5.10. The first-order valence-electron chi connectivity index (χ1n) is 8.40. The van der Waals surface area contributed by atoms with E-state index in [4.69, 9.17) is 0 Å². The fraction of sp³-hybridized carbons (Fsp3) is 0.667. The van der Waals surface area contributed by atoms with Gasteiger partial charge in [0.15, 0.2) is 0 Å². The maximum Gasteiger partial charge on any atom is 0.0367 e. The highest BCUT2D eigenvalue weighted by molar-refractivity contribution is 5.46. The summed E-state index contributed by atoms with van der Waals surface area (Å²) in [5.41, 5.74) is 1.80. The number of nitrogens with zero attached hydrogens (tertiary/aromatic N) is 2. The predicted molar refractivity (Wildman–Crippen MR) is 92.0 cm³/mol. The highest BCUT2D eigenvalue weighted by Gasteiger charge is 2.29. The summed E-state index contributed by atoms with van der Waals surface area (Å²) < 4.78 is 0. The maximum absolute atomic E-state index is 3.40. The van der Waals surface area contributed by atoms with Crippen LogP contribution in [-0.4, -0.2) is 51.2 Å². The first-order valence-corrected chi connectivity index (χ1v) is 8.40. The Morgan fingerprint density at radius 2 is 1.62 bits per heavy atom. The molecule has 21 heavy (non-hydrogen) atoms. The number of piperazine rings is 1. The number of benzene rings is 1. The standard InChI is InChI=1S/C18H31N3/c1-4-18(5-2,15-19-3)16-20-11-13-21(14-12-20)17-9-7-6-8-10-17/h6-10,19H,4-5,11-16H2,1-3H3. The second-order valence-electron chi connectivity index (χ2n) is 6.34. The molecule has 1 aromatic rings. The number of hydrogen-bond donors (Lipinski definition) is 1. The zero-order valence-electron chi connectivity index (χ0n) is 13.9. The lowest BCUT2D eigenvalue weighted by atomic mass is 9.81. The molecule has 1 fully saturated rings. The van der Waals surface area contributed by atoms with E-state index in [1.54, 1.807) is 0 Å². The molecule has 1 heterocycles. The van der Waals surface area contributed by atoms with Crippen molar-refractivity contribution in [3.8, 4) is 0 Å². The van der Waals surface area contributed by atoms with Crippen molar-refractivity contribution >= 4 is 5.69 Å². The Kier molecular flexibility index (Phi) is 6.07. The van der Waals surface area contributed by atoms with Gasteiger partial charge in [0.1, 0.15) is 0 Å². The Labute approximate surface area is 130 Å². The van der Waals surface area contributed by atoms with Crippen molar-refractivity contribution in [1.29, 1.82) is 0 Å². The van der Waals surface area contributed by atoms with Crippen LogP contribution >= 0.6 is 0 Å². The summed E-state index contributed by atoms with van der Waals surface area (Å²) in [5, 5.41) is 3.40. The third kappa shape index (κ3) is 4.21. The third-order valence-electron chi connectivity index (χ3n) is 5.10. The number of para-hydroxylation sites is 1. The second-order valence-corrected chi connectivity index (χ2v) is 6.34. The van der Waals surface area contributed by atoms with E-state index in [2.05, 4.69) is 66.3 Å². The van der Waals surface area contributed by atoms with E-state index in [1.807, 2.05) is 0 Å². The minimum Gasteiger partial charge on any atom is -0.369 e. The SMILES string of the molecule is CCC(CC)(CNC)CN1CCN(c2ccccc2)CC1. The topological polar surface area (TPSA) is 18.5 Å². The molecule has 0 radical (unpaired) electrons. The van der Waals surface area contributed by atoms with E-state index in [-0.39, 0.29) is 0 Å². The molecule has 0 amide bonds. The van der Waals surface area contributed by atoms with E-state index in [0.29, 0.717) is 5.41 Å². The molecule has 1 N–H and O–H groups in total. The van der Waals surface area contributed by atoms with Crippen molar-refractivity contribution in [3.63, 3.8) is 0 Å². The molecule has 1 aromatic carbocycles. The van der Waals surface area contributed by atoms with Gasteiger partial charge in [0, 0.05) is 45.0 Å². The minimum atomic E-state index is 0.434. The molecule has 3 heteroatoms. The molecule has 0 unspecified atom stereocenters. The summed E-state index contributed by atoms with van der Waals surface area (Å²) >= 11 is 0. The Balaban J connectivity index is 1.89. The highest BCUT2D eigenvalue weighted by atomic mass is 15.3. The smallest absolute Gasteiger partial charge is 0.0367 e. The largest absolute Gasteiger partial charge is 0.369 e. The molecule has 1 aliphatic rings. The molecule has 0 atom stereocenters. The summed E-state index contributed by atoms with van der Waals surface area (Å²) in [6.45, 7) is 11.7. The summed E-state index contributed by atoms with van der Waals surface area (Å²) in [4.78, 5) is 5.16. The Bertz CT molecular complexity index is 392. The Hall–Kier alpha value is -1.06. The van der Waals surface area contributed by atoms with Crippen LogP contribution in [0.15, 0.2) is 30.3 Å².